The highest BCUT2D eigenvalue weighted by molar-refractivity contribution is 8.00. The van der Waals surface area contributed by atoms with Crippen LogP contribution in [0.4, 0.5) is 24.5 Å². The Balaban J connectivity index is 1.68. The van der Waals surface area contributed by atoms with E-state index in [0.29, 0.717) is 17.8 Å². The molecule has 2 amide bonds. The van der Waals surface area contributed by atoms with Crippen molar-refractivity contribution in [3.05, 3.63) is 59.7 Å². The van der Waals surface area contributed by atoms with Crippen molar-refractivity contribution in [1.82, 2.24) is 0 Å². The molecule has 1 aliphatic heterocycles. The molecule has 0 saturated carbocycles. The van der Waals surface area contributed by atoms with Gasteiger partial charge in [0.25, 0.3) is 0 Å². The maximum absolute atomic E-state index is 12.9. The van der Waals surface area contributed by atoms with Crippen molar-refractivity contribution >= 4 is 35.0 Å². The van der Waals surface area contributed by atoms with Gasteiger partial charge in [0.2, 0.25) is 11.8 Å². The molecule has 0 bridgehead atoms. The van der Waals surface area contributed by atoms with Gasteiger partial charge in [-0.25, -0.2) is 0 Å². The standard InChI is InChI=1S/C25H29F3N2O2S/c1-16(14-24(2,3)4)13-21(31)29-19-9-5-17(6-10-19)23-30(22(32)15-33-23)20-11-7-18(8-12-20)25(26,27)28/h5-12,16,23H,13-15H2,1-4H3,(H,29,31)/t16-,23-/m1/s1. The van der Waals surface area contributed by atoms with Crippen molar-refractivity contribution < 1.29 is 22.8 Å². The predicted octanol–water partition coefficient (Wildman–Crippen LogP) is 6.88. The Morgan fingerprint density at radius 2 is 1.70 bits per heavy atom. The molecule has 2 atom stereocenters. The third kappa shape index (κ3) is 6.76. The molecule has 2 aromatic rings. The highest BCUT2D eigenvalue weighted by atomic mass is 32.2. The van der Waals surface area contributed by atoms with Crippen molar-refractivity contribution in [1.29, 1.82) is 0 Å². The van der Waals surface area contributed by atoms with E-state index in [1.807, 2.05) is 12.1 Å². The van der Waals surface area contributed by atoms with E-state index >= 15 is 0 Å². The zero-order valence-electron chi connectivity index (χ0n) is 19.2. The van der Waals surface area contributed by atoms with Crippen LogP contribution in [-0.2, 0) is 15.8 Å². The van der Waals surface area contributed by atoms with Crippen LogP contribution in [0.25, 0.3) is 0 Å². The number of halogens is 3. The lowest BCUT2D eigenvalue weighted by molar-refractivity contribution is -0.137. The quantitative estimate of drug-likeness (QED) is 0.492. The topological polar surface area (TPSA) is 49.4 Å². The first-order valence-corrected chi connectivity index (χ1v) is 11.9. The summed E-state index contributed by atoms with van der Waals surface area (Å²) in [6, 6.07) is 11.9. The summed E-state index contributed by atoms with van der Waals surface area (Å²) in [5.41, 5.74) is 1.34. The fourth-order valence-electron chi connectivity index (χ4n) is 4.14. The molecule has 0 spiro atoms. The van der Waals surface area contributed by atoms with E-state index in [2.05, 4.69) is 33.0 Å². The summed E-state index contributed by atoms with van der Waals surface area (Å²) in [6.07, 6.45) is -3.04. The lowest BCUT2D eigenvalue weighted by Gasteiger charge is -2.25. The third-order valence-corrected chi connectivity index (χ3v) is 6.53. The summed E-state index contributed by atoms with van der Waals surface area (Å²) in [7, 11) is 0. The molecule has 33 heavy (non-hydrogen) atoms. The Bertz CT molecular complexity index is 983. The van der Waals surface area contributed by atoms with E-state index in [1.165, 1.54) is 28.8 Å². The molecule has 0 radical (unpaired) electrons. The number of benzene rings is 2. The maximum atomic E-state index is 12.9. The van der Waals surface area contributed by atoms with E-state index in [4.69, 9.17) is 0 Å². The van der Waals surface area contributed by atoms with E-state index in [0.717, 1.165) is 24.1 Å². The van der Waals surface area contributed by atoms with Crippen LogP contribution < -0.4 is 10.2 Å². The molecule has 3 rings (SSSR count). The highest BCUT2D eigenvalue weighted by Gasteiger charge is 2.35. The van der Waals surface area contributed by atoms with E-state index in [9.17, 15) is 22.8 Å². The average Bonchev–Trinajstić information content (AvgIpc) is 3.07. The Morgan fingerprint density at radius 1 is 1.09 bits per heavy atom. The first-order chi connectivity index (χ1) is 15.3. The summed E-state index contributed by atoms with van der Waals surface area (Å²) in [5, 5.41) is 2.57. The maximum Gasteiger partial charge on any atom is 0.416 e. The number of anilines is 2. The zero-order valence-corrected chi connectivity index (χ0v) is 20.0. The lowest BCUT2D eigenvalue weighted by atomic mass is 9.84. The molecule has 1 aliphatic rings. The zero-order chi connectivity index (χ0) is 24.4. The second-order valence-corrected chi connectivity index (χ2v) is 10.8. The molecule has 0 aliphatic carbocycles. The van der Waals surface area contributed by atoms with Gasteiger partial charge in [0.1, 0.15) is 5.37 Å². The number of amides is 2. The molecule has 1 N–H and O–H groups in total. The monoisotopic (exact) mass is 478 g/mol. The van der Waals surface area contributed by atoms with Gasteiger partial charge in [-0.05, 0) is 59.7 Å². The van der Waals surface area contributed by atoms with E-state index in [-0.39, 0.29) is 34.3 Å². The van der Waals surface area contributed by atoms with Gasteiger partial charge >= 0.3 is 6.18 Å². The molecular weight excluding hydrogens is 449 g/mol. The van der Waals surface area contributed by atoms with Crippen LogP contribution >= 0.6 is 11.8 Å². The van der Waals surface area contributed by atoms with Gasteiger partial charge < -0.3 is 5.32 Å². The summed E-state index contributed by atoms with van der Waals surface area (Å²) in [6.45, 7) is 8.53. The average molecular weight is 479 g/mol. The minimum atomic E-state index is -4.42. The van der Waals surface area contributed by atoms with Crippen LogP contribution in [0.5, 0.6) is 0 Å². The van der Waals surface area contributed by atoms with Crippen molar-refractivity contribution in [2.75, 3.05) is 16.0 Å². The van der Waals surface area contributed by atoms with Crippen molar-refractivity contribution in [3.8, 4) is 0 Å². The van der Waals surface area contributed by atoms with Crippen LogP contribution in [0.15, 0.2) is 48.5 Å². The Kier molecular flexibility index (Phi) is 7.46. The largest absolute Gasteiger partial charge is 0.416 e. The summed E-state index contributed by atoms with van der Waals surface area (Å²) in [4.78, 5) is 26.4. The second-order valence-electron chi connectivity index (χ2n) is 9.72. The predicted molar refractivity (Wildman–Crippen MR) is 127 cm³/mol. The van der Waals surface area contributed by atoms with Gasteiger partial charge in [-0.1, -0.05) is 39.8 Å². The van der Waals surface area contributed by atoms with Gasteiger partial charge in [0.05, 0.1) is 11.3 Å². The molecule has 1 saturated heterocycles. The Morgan fingerprint density at radius 3 is 2.24 bits per heavy atom. The number of rotatable bonds is 6. The summed E-state index contributed by atoms with van der Waals surface area (Å²) >= 11 is 1.42. The number of thioether (sulfide) groups is 1. The molecule has 1 fully saturated rings. The molecule has 4 nitrogen and oxygen atoms in total. The van der Waals surface area contributed by atoms with Crippen molar-refractivity contribution in [3.63, 3.8) is 0 Å². The van der Waals surface area contributed by atoms with Crippen molar-refractivity contribution in [2.45, 2.75) is 52.1 Å². The van der Waals surface area contributed by atoms with Crippen LogP contribution in [-0.4, -0.2) is 17.6 Å². The lowest BCUT2D eigenvalue weighted by Crippen LogP contribution is -2.27. The van der Waals surface area contributed by atoms with Gasteiger partial charge in [-0.15, -0.1) is 11.8 Å². The molecule has 2 aromatic carbocycles. The fourth-order valence-corrected chi connectivity index (χ4v) is 5.32. The minimum Gasteiger partial charge on any atom is -0.326 e. The first-order valence-electron chi connectivity index (χ1n) is 10.8. The normalized spacial score (nSPS) is 17.8. The van der Waals surface area contributed by atoms with E-state index in [1.54, 1.807) is 12.1 Å². The molecule has 1 heterocycles. The third-order valence-electron chi connectivity index (χ3n) is 5.31. The summed E-state index contributed by atoms with van der Waals surface area (Å²) in [5.74, 6) is 0.310. The first kappa shape index (κ1) is 25.1. The second kappa shape index (κ2) is 9.79. The number of nitrogens with zero attached hydrogens (tertiary/aromatic N) is 1. The van der Waals surface area contributed by atoms with Crippen LogP contribution in [0, 0.1) is 11.3 Å². The van der Waals surface area contributed by atoms with Gasteiger partial charge in [-0.3, -0.25) is 14.5 Å². The number of nitrogens with one attached hydrogen (secondary N) is 1. The van der Waals surface area contributed by atoms with E-state index < -0.39 is 11.7 Å². The van der Waals surface area contributed by atoms with Gasteiger partial charge in [0.15, 0.2) is 0 Å². The minimum absolute atomic E-state index is 0.0451. The Hall–Kier alpha value is -2.48. The van der Waals surface area contributed by atoms with Crippen LogP contribution in [0.2, 0.25) is 0 Å². The number of carbonyl (C=O) groups excluding carboxylic acids is 2. The number of alkyl halides is 3. The van der Waals surface area contributed by atoms with Gasteiger partial charge in [0, 0.05) is 17.8 Å². The highest BCUT2D eigenvalue weighted by Crippen LogP contribution is 2.42. The molecule has 8 heteroatoms. The number of hydrogen-bond acceptors (Lipinski definition) is 3. The molecular formula is C25H29F3N2O2S. The van der Waals surface area contributed by atoms with Crippen molar-refractivity contribution in [2.24, 2.45) is 11.3 Å². The van der Waals surface area contributed by atoms with Gasteiger partial charge in [-0.2, -0.15) is 13.2 Å². The SMILES string of the molecule is C[C@H](CC(=O)Nc1ccc([C@H]2SCC(=O)N2c2ccc(C(F)(F)F)cc2)cc1)CC(C)(C)C. The molecule has 0 unspecified atom stereocenters. The fraction of sp³-hybridized carbons (Fsp3) is 0.440. The smallest absolute Gasteiger partial charge is 0.326 e. The summed E-state index contributed by atoms with van der Waals surface area (Å²) < 4.78 is 38.6. The molecule has 178 valence electrons. The number of carbonyl (C=O) groups is 2. The van der Waals surface area contributed by atoms with Crippen LogP contribution in [0.3, 0.4) is 0 Å². The van der Waals surface area contributed by atoms with Crippen LogP contribution in [0.1, 0.15) is 57.0 Å². The Labute approximate surface area is 196 Å². The molecule has 0 aromatic heterocycles. The number of hydrogen-bond donors (Lipinski definition) is 1.